The topological polar surface area (TPSA) is 0 Å². The Morgan fingerprint density at radius 3 is 1.89 bits per heavy atom. The summed E-state index contributed by atoms with van der Waals surface area (Å²) in [6.07, 6.45) is 0. The van der Waals surface area contributed by atoms with Crippen molar-refractivity contribution < 1.29 is 0 Å². The normalized spacial score (nSPS) is 17.6. The molecule has 0 saturated carbocycles. The van der Waals surface area contributed by atoms with Crippen LogP contribution in [0.4, 0.5) is 0 Å². The van der Waals surface area contributed by atoms with Crippen molar-refractivity contribution in [2.24, 2.45) is 5.92 Å². The Kier molecular flexibility index (Phi) is 3.04. The zero-order chi connectivity index (χ0) is 7.65. The largest absolute Gasteiger partial charge is 0.113 e. The first-order chi connectivity index (χ1) is 3.89. The summed E-state index contributed by atoms with van der Waals surface area (Å²) in [5.41, 5.74) is 0. The van der Waals surface area contributed by atoms with E-state index in [1.54, 1.807) is 0 Å². The summed E-state index contributed by atoms with van der Waals surface area (Å²) in [6, 6.07) is 0. The molecule has 0 radical (unpaired) electrons. The first-order valence-corrected chi connectivity index (χ1v) is 3.68. The van der Waals surface area contributed by atoms with Crippen LogP contribution in [0.3, 0.4) is 0 Å². The highest BCUT2D eigenvalue weighted by Gasteiger charge is 2.27. The zero-order valence-corrected chi connectivity index (χ0v) is 7.55. The van der Waals surface area contributed by atoms with Gasteiger partial charge in [-0.2, -0.15) is 0 Å². The second kappa shape index (κ2) is 2.94. The lowest BCUT2D eigenvalue weighted by Crippen LogP contribution is -2.23. The van der Waals surface area contributed by atoms with Gasteiger partial charge in [0.25, 0.3) is 0 Å². The summed E-state index contributed by atoms with van der Waals surface area (Å²) >= 11 is 11.6. The lowest BCUT2D eigenvalue weighted by atomic mass is 9.97. The molecule has 0 rings (SSSR count). The van der Waals surface area contributed by atoms with Crippen molar-refractivity contribution in [1.82, 2.24) is 0 Å². The minimum Gasteiger partial charge on any atom is -0.113 e. The monoisotopic (exact) mass is 166 g/mol. The third kappa shape index (κ3) is 2.19. The van der Waals surface area contributed by atoms with Crippen LogP contribution in [-0.2, 0) is 0 Å². The third-order valence-corrected chi connectivity index (χ3v) is 2.77. The smallest absolute Gasteiger partial charge is 0.0789 e. The molecule has 0 bridgehead atoms. The molecule has 0 aliphatic rings. The summed E-state index contributed by atoms with van der Waals surface area (Å²) in [4.78, 5) is -0.457. The van der Waals surface area contributed by atoms with E-state index in [4.69, 9.17) is 23.2 Å². The first kappa shape index (κ1) is 9.32. The number of halogens is 2. The van der Waals surface area contributed by atoms with E-state index in [0.717, 1.165) is 0 Å². The van der Waals surface area contributed by atoms with Gasteiger partial charge in [0.15, 0.2) is 0 Å². The van der Waals surface area contributed by atoms with Gasteiger partial charge in [-0.1, -0.05) is 32.0 Å². The molecule has 0 N–H and O–H groups in total. The Morgan fingerprint density at radius 2 is 1.89 bits per heavy atom. The maximum absolute atomic E-state index is 5.97. The fourth-order valence-electron chi connectivity index (χ4n) is 0.313. The average molecular weight is 167 g/mol. The Labute approximate surface area is 66.8 Å². The van der Waals surface area contributed by atoms with Gasteiger partial charge in [-0.25, -0.2) is 0 Å². The van der Waals surface area contributed by atoms with Crippen LogP contribution in [0.15, 0.2) is 11.6 Å². The second-order valence-corrected chi connectivity index (χ2v) is 3.88. The SMILES string of the molecule is C=C(Cl)C(C)(Cl)C(C)C. The van der Waals surface area contributed by atoms with Gasteiger partial charge >= 0.3 is 0 Å². The van der Waals surface area contributed by atoms with Crippen LogP contribution in [0.1, 0.15) is 20.8 Å². The number of rotatable bonds is 2. The van der Waals surface area contributed by atoms with E-state index in [2.05, 4.69) is 6.58 Å². The van der Waals surface area contributed by atoms with Crippen molar-refractivity contribution >= 4 is 23.2 Å². The van der Waals surface area contributed by atoms with Crippen LogP contribution in [-0.4, -0.2) is 4.87 Å². The van der Waals surface area contributed by atoms with E-state index in [-0.39, 0.29) is 0 Å². The fraction of sp³-hybridized carbons (Fsp3) is 0.714. The van der Waals surface area contributed by atoms with Gasteiger partial charge in [-0.15, -0.1) is 11.6 Å². The molecule has 1 unspecified atom stereocenters. The van der Waals surface area contributed by atoms with Crippen molar-refractivity contribution in [3.8, 4) is 0 Å². The lowest BCUT2D eigenvalue weighted by Gasteiger charge is -2.24. The van der Waals surface area contributed by atoms with Crippen LogP contribution in [0.2, 0.25) is 0 Å². The van der Waals surface area contributed by atoms with E-state index < -0.39 is 4.87 Å². The first-order valence-electron chi connectivity index (χ1n) is 2.92. The molecule has 0 nitrogen and oxygen atoms in total. The molecule has 0 aromatic carbocycles. The molecule has 2 heteroatoms. The summed E-state index contributed by atoms with van der Waals surface area (Å²) in [5, 5.41) is 0.513. The number of allylic oxidation sites excluding steroid dienone is 1. The Bertz CT molecular complexity index is 114. The maximum atomic E-state index is 5.97. The number of hydrogen-bond acceptors (Lipinski definition) is 0. The third-order valence-electron chi connectivity index (χ3n) is 1.61. The molecule has 0 aliphatic heterocycles. The van der Waals surface area contributed by atoms with Crippen molar-refractivity contribution in [3.05, 3.63) is 11.6 Å². The van der Waals surface area contributed by atoms with Crippen molar-refractivity contribution in [2.45, 2.75) is 25.6 Å². The van der Waals surface area contributed by atoms with Gasteiger partial charge in [0.2, 0.25) is 0 Å². The minimum atomic E-state index is -0.457. The molecule has 9 heavy (non-hydrogen) atoms. The van der Waals surface area contributed by atoms with Crippen LogP contribution in [0, 0.1) is 5.92 Å². The lowest BCUT2D eigenvalue weighted by molar-refractivity contribution is 0.531. The predicted molar refractivity (Wildman–Crippen MR) is 44.1 cm³/mol. The zero-order valence-electron chi connectivity index (χ0n) is 6.04. The molecule has 1 atom stereocenters. The Balaban J connectivity index is 4.19. The molecule has 0 aliphatic carbocycles. The average Bonchev–Trinajstić information content (AvgIpc) is 1.65. The molecule has 0 amide bonds. The van der Waals surface area contributed by atoms with Crippen LogP contribution < -0.4 is 0 Å². The summed E-state index contributed by atoms with van der Waals surface area (Å²) in [5.74, 6) is 0.323. The van der Waals surface area contributed by atoms with E-state index in [1.165, 1.54) is 0 Å². The van der Waals surface area contributed by atoms with Crippen LogP contribution in [0.5, 0.6) is 0 Å². The van der Waals surface area contributed by atoms with Crippen LogP contribution >= 0.6 is 23.2 Å². The van der Waals surface area contributed by atoms with Gasteiger partial charge < -0.3 is 0 Å². The Hall–Kier alpha value is 0.320. The summed E-state index contributed by atoms with van der Waals surface area (Å²) < 4.78 is 0. The molecule has 0 heterocycles. The summed E-state index contributed by atoms with van der Waals surface area (Å²) in [7, 11) is 0. The molecule has 0 saturated heterocycles. The number of alkyl halides is 1. The molecular formula is C7H12Cl2. The van der Waals surface area contributed by atoms with Crippen LogP contribution in [0.25, 0.3) is 0 Å². The van der Waals surface area contributed by atoms with Gasteiger partial charge in [0.05, 0.1) is 4.87 Å². The fourth-order valence-corrected chi connectivity index (χ4v) is 0.531. The highest BCUT2D eigenvalue weighted by Crippen LogP contribution is 2.33. The maximum Gasteiger partial charge on any atom is 0.0789 e. The van der Waals surface area contributed by atoms with Gasteiger partial charge in [-0.3, -0.25) is 0 Å². The second-order valence-electron chi connectivity index (χ2n) is 2.64. The van der Waals surface area contributed by atoms with Gasteiger partial charge in [0, 0.05) is 5.03 Å². The number of hydrogen-bond donors (Lipinski definition) is 0. The van der Waals surface area contributed by atoms with Crippen molar-refractivity contribution in [1.29, 1.82) is 0 Å². The standard InChI is InChI=1S/C7H12Cl2/c1-5(2)7(4,9)6(3)8/h5H,3H2,1-2,4H3. The van der Waals surface area contributed by atoms with E-state index in [0.29, 0.717) is 11.0 Å². The Morgan fingerprint density at radius 1 is 1.56 bits per heavy atom. The van der Waals surface area contributed by atoms with Crippen molar-refractivity contribution in [3.63, 3.8) is 0 Å². The molecule has 54 valence electrons. The van der Waals surface area contributed by atoms with E-state index >= 15 is 0 Å². The molecule has 0 fully saturated rings. The molecule has 0 spiro atoms. The van der Waals surface area contributed by atoms with Gasteiger partial charge in [-0.05, 0) is 12.8 Å². The van der Waals surface area contributed by atoms with Gasteiger partial charge in [0.1, 0.15) is 0 Å². The molecule has 0 aromatic rings. The van der Waals surface area contributed by atoms with Crippen molar-refractivity contribution in [2.75, 3.05) is 0 Å². The molecular weight excluding hydrogens is 155 g/mol. The van der Waals surface area contributed by atoms with E-state index in [1.807, 2.05) is 20.8 Å². The molecule has 0 aromatic heterocycles. The predicted octanol–water partition coefficient (Wildman–Crippen LogP) is 3.39. The minimum absolute atomic E-state index is 0.323. The van der Waals surface area contributed by atoms with E-state index in [9.17, 15) is 0 Å². The highest BCUT2D eigenvalue weighted by molar-refractivity contribution is 6.39. The summed E-state index contributed by atoms with van der Waals surface area (Å²) in [6.45, 7) is 9.48. The highest BCUT2D eigenvalue weighted by atomic mass is 35.5. The quantitative estimate of drug-likeness (QED) is 0.553.